The first-order valence-electron chi connectivity index (χ1n) is 5.73. The third-order valence-corrected chi connectivity index (χ3v) is 2.53. The maximum absolute atomic E-state index is 9.21. The van der Waals surface area contributed by atoms with Crippen LogP contribution in [0.2, 0.25) is 0 Å². The summed E-state index contributed by atoms with van der Waals surface area (Å²) in [5.74, 6) is 0.698. The molecular formula is C12H27NO. The molecule has 0 fully saturated rings. The molecule has 0 radical (unpaired) electrons. The summed E-state index contributed by atoms with van der Waals surface area (Å²) in [6, 6.07) is 0.254. The molecule has 2 unspecified atom stereocenters. The summed E-state index contributed by atoms with van der Waals surface area (Å²) in [4.78, 5) is 0. The van der Waals surface area contributed by atoms with Crippen LogP contribution in [-0.4, -0.2) is 24.3 Å². The fraction of sp³-hybridized carbons (Fsp3) is 1.00. The standard InChI is InChI=1S/C12H27NO/c1-6-10(2)8-13-11(9-14)7-12(3,4)5/h10-11,13-14H,6-9H2,1-5H3. The summed E-state index contributed by atoms with van der Waals surface area (Å²) in [7, 11) is 0. The lowest BCUT2D eigenvalue weighted by Gasteiger charge is -2.26. The lowest BCUT2D eigenvalue weighted by atomic mass is 9.88. The molecule has 0 aromatic rings. The van der Waals surface area contributed by atoms with Gasteiger partial charge in [-0.25, -0.2) is 0 Å². The molecule has 0 aliphatic rings. The van der Waals surface area contributed by atoms with Crippen molar-refractivity contribution in [1.29, 1.82) is 0 Å². The van der Waals surface area contributed by atoms with E-state index in [1.54, 1.807) is 0 Å². The fourth-order valence-corrected chi connectivity index (χ4v) is 1.45. The Morgan fingerprint density at radius 2 is 1.86 bits per heavy atom. The molecule has 0 rings (SSSR count). The number of hydrogen-bond acceptors (Lipinski definition) is 2. The molecule has 2 atom stereocenters. The lowest BCUT2D eigenvalue weighted by Crippen LogP contribution is -2.38. The van der Waals surface area contributed by atoms with Crippen LogP contribution in [0, 0.1) is 11.3 Å². The molecule has 0 heterocycles. The average molecular weight is 201 g/mol. The Labute approximate surface area is 89.1 Å². The SMILES string of the molecule is CCC(C)CNC(CO)CC(C)(C)C. The first-order valence-corrected chi connectivity index (χ1v) is 5.73. The Balaban J connectivity index is 3.80. The van der Waals surface area contributed by atoms with Crippen molar-refractivity contribution in [1.82, 2.24) is 5.32 Å². The molecule has 0 aromatic carbocycles. The van der Waals surface area contributed by atoms with Gasteiger partial charge in [0.15, 0.2) is 0 Å². The Kier molecular flexibility index (Phi) is 6.38. The van der Waals surface area contributed by atoms with E-state index in [1.165, 1.54) is 6.42 Å². The number of hydrogen-bond donors (Lipinski definition) is 2. The number of aliphatic hydroxyl groups is 1. The Bertz CT molecular complexity index is 140. The van der Waals surface area contributed by atoms with Gasteiger partial charge in [-0.15, -0.1) is 0 Å². The van der Waals surface area contributed by atoms with E-state index in [9.17, 15) is 5.11 Å². The van der Waals surface area contributed by atoms with E-state index >= 15 is 0 Å². The van der Waals surface area contributed by atoms with Crippen molar-refractivity contribution < 1.29 is 5.11 Å². The largest absolute Gasteiger partial charge is 0.395 e. The van der Waals surface area contributed by atoms with Gasteiger partial charge in [-0.1, -0.05) is 41.0 Å². The topological polar surface area (TPSA) is 32.3 Å². The van der Waals surface area contributed by atoms with Crippen LogP contribution in [0.5, 0.6) is 0 Å². The van der Waals surface area contributed by atoms with Gasteiger partial charge in [-0.2, -0.15) is 0 Å². The quantitative estimate of drug-likeness (QED) is 0.692. The molecule has 0 spiro atoms. The molecule has 2 nitrogen and oxygen atoms in total. The maximum atomic E-state index is 9.21. The van der Waals surface area contributed by atoms with Crippen LogP contribution < -0.4 is 5.32 Å². The summed E-state index contributed by atoms with van der Waals surface area (Å²) >= 11 is 0. The molecule has 0 aliphatic carbocycles. The molecule has 0 saturated carbocycles. The van der Waals surface area contributed by atoms with Crippen molar-refractivity contribution >= 4 is 0 Å². The minimum atomic E-state index is 0.244. The first-order chi connectivity index (χ1) is 6.39. The molecule has 0 aliphatic heterocycles. The summed E-state index contributed by atoms with van der Waals surface area (Å²) in [5, 5.41) is 12.6. The van der Waals surface area contributed by atoms with Crippen LogP contribution in [0.25, 0.3) is 0 Å². The van der Waals surface area contributed by atoms with Crippen molar-refractivity contribution in [2.45, 2.75) is 53.5 Å². The number of rotatable bonds is 6. The van der Waals surface area contributed by atoms with Gasteiger partial charge < -0.3 is 10.4 Å². The van der Waals surface area contributed by atoms with Crippen molar-refractivity contribution in [3.05, 3.63) is 0 Å². The zero-order valence-corrected chi connectivity index (χ0v) is 10.4. The summed E-state index contributed by atoms with van der Waals surface area (Å²) in [6.07, 6.45) is 2.22. The van der Waals surface area contributed by atoms with E-state index in [0.29, 0.717) is 5.92 Å². The second kappa shape index (κ2) is 6.41. The fourth-order valence-electron chi connectivity index (χ4n) is 1.45. The second-order valence-electron chi connectivity index (χ2n) is 5.57. The van der Waals surface area contributed by atoms with E-state index < -0.39 is 0 Å². The zero-order chi connectivity index (χ0) is 11.2. The van der Waals surface area contributed by atoms with Crippen LogP contribution in [0.4, 0.5) is 0 Å². The van der Waals surface area contributed by atoms with Crippen LogP contribution in [0.3, 0.4) is 0 Å². The first kappa shape index (κ1) is 13.9. The smallest absolute Gasteiger partial charge is 0.0584 e. The van der Waals surface area contributed by atoms with Gasteiger partial charge in [0.25, 0.3) is 0 Å². The minimum absolute atomic E-state index is 0.244. The van der Waals surface area contributed by atoms with Crippen molar-refractivity contribution in [2.75, 3.05) is 13.2 Å². The van der Waals surface area contributed by atoms with E-state index in [4.69, 9.17) is 0 Å². The number of nitrogens with one attached hydrogen (secondary N) is 1. The van der Waals surface area contributed by atoms with E-state index in [0.717, 1.165) is 13.0 Å². The van der Waals surface area contributed by atoms with Gasteiger partial charge in [-0.05, 0) is 24.3 Å². The molecule has 0 bridgehead atoms. The lowest BCUT2D eigenvalue weighted by molar-refractivity contribution is 0.194. The monoisotopic (exact) mass is 201 g/mol. The third kappa shape index (κ3) is 7.34. The molecule has 86 valence electrons. The van der Waals surface area contributed by atoms with Gasteiger partial charge in [-0.3, -0.25) is 0 Å². The Morgan fingerprint density at radius 1 is 1.29 bits per heavy atom. The predicted molar refractivity (Wildman–Crippen MR) is 62.4 cm³/mol. The third-order valence-electron chi connectivity index (χ3n) is 2.53. The molecule has 2 N–H and O–H groups in total. The van der Waals surface area contributed by atoms with Gasteiger partial charge >= 0.3 is 0 Å². The van der Waals surface area contributed by atoms with Crippen LogP contribution in [-0.2, 0) is 0 Å². The summed E-state index contributed by atoms with van der Waals surface area (Å²) in [5.41, 5.74) is 0.288. The molecular weight excluding hydrogens is 174 g/mol. The number of aliphatic hydroxyl groups excluding tert-OH is 1. The predicted octanol–water partition coefficient (Wildman–Crippen LogP) is 2.42. The molecule has 14 heavy (non-hydrogen) atoms. The van der Waals surface area contributed by atoms with E-state index in [1.807, 2.05) is 0 Å². The highest BCUT2D eigenvalue weighted by Gasteiger charge is 2.17. The second-order valence-corrected chi connectivity index (χ2v) is 5.57. The maximum Gasteiger partial charge on any atom is 0.0584 e. The highest BCUT2D eigenvalue weighted by molar-refractivity contribution is 4.74. The summed E-state index contributed by atoms with van der Waals surface area (Å²) < 4.78 is 0. The van der Waals surface area contributed by atoms with Gasteiger partial charge in [0.1, 0.15) is 0 Å². The van der Waals surface area contributed by atoms with Crippen LogP contribution >= 0.6 is 0 Å². The van der Waals surface area contributed by atoms with E-state index in [2.05, 4.69) is 39.9 Å². The molecule has 2 heteroatoms. The Morgan fingerprint density at radius 3 is 2.21 bits per heavy atom. The van der Waals surface area contributed by atoms with Crippen molar-refractivity contribution in [3.63, 3.8) is 0 Å². The minimum Gasteiger partial charge on any atom is -0.395 e. The van der Waals surface area contributed by atoms with E-state index in [-0.39, 0.29) is 18.1 Å². The molecule has 0 amide bonds. The average Bonchev–Trinajstić information content (AvgIpc) is 2.09. The highest BCUT2D eigenvalue weighted by Crippen LogP contribution is 2.20. The molecule has 0 saturated heterocycles. The van der Waals surface area contributed by atoms with Crippen LogP contribution in [0.1, 0.15) is 47.5 Å². The van der Waals surface area contributed by atoms with Crippen LogP contribution in [0.15, 0.2) is 0 Å². The highest BCUT2D eigenvalue weighted by atomic mass is 16.3. The normalized spacial score (nSPS) is 16.7. The van der Waals surface area contributed by atoms with Gasteiger partial charge in [0, 0.05) is 6.04 Å². The zero-order valence-electron chi connectivity index (χ0n) is 10.4. The van der Waals surface area contributed by atoms with Gasteiger partial charge in [0.2, 0.25) is 0 Å². The summed E-state index contributed by atoms with van der Waals surface area (Å²) in [6.45, 7) is 12.3. The van der Waals surface area contributed by atoms with Crippen molar-refractivity contribution in [2.24, 2.45) is 11.3 Å². The molecule has 0 aromatic heterocycles. The van der Waals surface area contributed by atoms with Crippen molar-refractivity contribution in [3.8, 4) is 0 Å². The Hall–Kier alpha value is -0.0800. The van der Waals surface area contributed by atoms with Gasteiger partial charge in [0.05, 0.1) is 6.61 Å².